The summed E-state index contributed by atoms with van der Waals surface area (Å²) in [5.41, 5.74) is 1.62. The maximum atomic E-state index is 12.4. The van der Waals surface area contributed by atoms with Crippen LogP contribution in [0.3, 0.4) is 0 Å². The van der Waals surface area contributed by atoms with Crippen molar-refractivity contribution in [3.05, 3.63) is 34.8 Å². The first-order chi connectivity index (χ1) is 12.3. The van der Waals surface area contributed by atoms with Gasteiger partial charge in [-0.2, -0.15) is 0 Å². The van der Waals surface area contributed by atoms with Gasteiger partial charge in [0.25, 0.3) is 0 Å². The lowest BCUT2D eigenvalue weighted by atomic mass is 9.89. The van der Waals surface area contributed by atoms with Gasteiger partial charge in [-0.3, -0.25) is 9.59 Å². The Morgan fingerprint density at radius 2 is 2.00 bits per heavy atom. The summed E-state index contributed by atoms with van der Waals surface area (Å²) < 4.78 is 0. The summed E-state index contributed by atoms with van der Waals surface area (Å²) >= 11 is 1.35. The molecule has 3 rings (SSSR count). The van der Waals surface area contributed by atoms with E-state index in [9.17, 15) is 9.59 Å². The molecular formula is C19H24N4O2S. The lowest BCUT2D eigenvalue weighted by molar-refractivity contribution is -0.124. The summed E-state index contributed by atoms with van der Waals surface area (Å²) in [6.45, 7) is 8.40. The molecule has 1 atom stereocenters. The van der Waals surface area contributed by atoms with Crippen LogP contribution in [0.25, 0.3) is 0 Å². The van der Waals surface area contributed by atoms with E-state index in [0.29, 0.717) is 18.1 Å². The van der Waals surface area contributed by atoms with Crippen molar-refractivity contribution in [3.8, 4) is 0 Å². The van der Waals surface area contributed by atoms with E-state index >= 15 is 0 Å². The Labute approximate surface area is 157 Å². The van der Waals surface area contributed by atoms with Crippen molar-refractivity contribution in [2.45, 2.75) is 46.5 Å². The number of anilines is 2. The molecule has 2 amide bonds. The number of rotatable bonds is 5. The molecule has 1 aliphatic heterocycles. The average molecular weight is 372 g/mol. The van der Waals surface area contributed by atoms with E-state index in [1.165, 1.54) is 11.3 Å². The minimum absolute atomic E-state index is 0.00569. The molecule has 0 bridgehead atoms. The van der Waals surface area contributed by atoms with Gasteiger partial charge in [0, 0.05) is 30.0 Å². The van der Waals surface area contributed by atoms with E-state index in [-0.39, 0.29) is 17.7 Å². The number of amides is 2. The van der Waals surface area contributed by atoms with Crippen molar-refractivity contribution >= 4 is 34.0 Å². The fraction of sp³-hybridized carbons (Fsp3) is 0.474. The molecule has 138 valence electrons. The molecule has 1 N–H and O–H groups in total. The third-order valence-electron chi connectivity index (χ3n) is 4.98. The third-order valence-corrected chi connectivity index (χ3v) is 5.98. The Kier molecular flexibility index (Phi) is 5.09. The van der Waals surface area contributed by atoms with Crippen LogP contribution >= 0.6 is 11.3 Å². The van der Waals surface area contributed by atoms with Crippen LogP contribution in [-0.2, 0) is 9.59 Å². The average Bonchev–Trinajstić information content (AvgIpc) is 3.22. The van der Waals surface area contributed by atoms with Gasteiger partial charge >= 0.3 is 0 Å². The lowest BCUT2D eigenvalue weighted by Crippen LogP contribution is -2.29. The van der Waals surface area contributed by atoms with Gasteiger partial charge < -0.3 is 10.2 Å². The smallest absolute Gasteiger partial charge is 0.231 e. The van der Waals surface area contributed by atoms with Crippen LogP contribution in [0.4, 0.5) is 10.8 Å². The minimum Gasteiger partial charge on any atom is -0.312 e. The second-order valence-corrected chi connectivity index (χ2v) is 8.39. The van der Waals surface area contributed by atoms with E-state index in [1.54, 1.807) is 4.90 Å². The van der Waals surface area contributed by atoms with Gasteiger partial charge in [0.1, 0.15) is 5.01 Å². The molecule has 26 heavy (non-hydrogen) atoms. The highest BCUT2D eigenvalue weighted by Crippen LogP contribution is 2.34. The van der Waals surface area contributed by atoms with E-state index in [2.05, 4.69) is 15.5 Å². The molecular weight excluding hydrogens is 348 g/mol. The van der Waals surface area contributed by atoms with Crippen LogP contribution in [-0.4, -0.2) is 28.6 Å². The lowest BCUT2D eigenvalue weighted by Gasteiger charge is -2.20. The minimum atomic E-state index is -0.447. The van der Waals surface area contributed by atoms with E-state index in [0.717, 1.165) is 22.7 Å². The van der Waals surface area contributed by atoms with Crippen LogP contribution in [0.1, 0.15) is 50.1 Å². The van der Waals surface area contributed by atoms with Crippen LogP contribution in [0.5, 0.6) is 0 Å². The highest BCUT2D eigenvalue weighted by molar-refractivity contribution is 7.15. The summed E-state index contributed by atoms with van der Waals surface area (Å²) in [6, 6.07) is 7.94. The molecule has 0 spiro atoms. The number of aryl methyl sites for hydroxylation is 1. The summed E-state index contributed by atoms with van der Waals surface area (Å²) in [5.74, 6) is 0.0318. The summed E-state index contributed by atoms with van der Waals surface area (Å²) in [6.07, 6.45) is 1.16. The van der Waals surface area contributed by atoms with E-state index in [4.69, 9.17) is 0 Å². The first kappa shape index (κ1) is 18.5. The van der Waals surface area contributed by atoms with Crippen molar-refractivity contribution in [2.75, 3.05) is 16.8 Å². The highest BCUT2D eigenvalue weighted by atomic mass is 32.1. The molecule has 2 heterocycles. The maximum Gasteiger partial charge on any atom is 0.231 e. The molecule has 1 aromatic heterocycles. The Morgan fingerprint density at radius 3 is 2.65 bits per heavy atom. The zero-order chi connectivity index (χ0) is 18.9. The molecule has 1 aliphatic rings. The number of hydrogen-bond acceptors (Lipinski definition) is 5. The van der Waals surface area contributed by atoms with Crippen LogP contribution in [0, 0.1) is 12.3 Å². The quantitative estimate of drug-likeness (QED) is 0.867. The van der Waals surface area contributed by atoms with Gasteiger partial charge in [-0.1, -0.05) is 49.8 Å². The second kappa shape index (κ2) is 7.15. The van der Waals surface area contributed by atoms with Gasteiger partial charge in [-0.05, 0) is 25.5 Å². The Morgan fingerprint density at radius 1 is 1.31 bits per heavy atom. The zero-order valence-electron chi connectivity index (χ0n) is 15.6. The summed E-state index contributed by atoms with van der Waals surface area (Å²) in [7, 11) is 0. The molecule has 0 aliphatic carbocycles. The van der Waals surface area contributed by atoms with E-state index in [1.807, 2.05) is 52.0 Å². The Hall–Kier alpha value is -2.28. The van der Waals surface area contributed by atoms with Crippen molar-refractivity contribution < 1.29 is 9.59 Å². The predicted molar refractivity (Wildman–Crippen MR) is 104 cm³/mol. The molecule has 0 radical (unpaired) electrons. The van der Waals surface area contributed by atoms with Crippen LogP contribution in [0.15, 0.2) is 24.3 Å². The van der Waals surface area contributed by atoms with Crippen LogP contribution in [0.2, 0.25) is 0 Å². The molecule has 1 aromatic carbocycles. The number of hydrogen-bond donors (Lipinski definition) is 1. The number of aromatic nitrogens is 2. The standard InChI is InChI=1S/C19H24N4O2S/c1-5-19(3,4)17(25)20-18-22-21-16(26-18)13-10-15(24)23(11-13)14-8-6-12(2)7-9-14/h6-9,13H,5,10-11H2,1-4H3,(H,20,22,25)/t13-/m0/s1. The van der Waals surface area contributed by atoms with Crippen molar-refractivity contribution in [1.29, 1.82) is 0 Å². The fourth-order valence-electron chi connectivity index (χ4n) is 2.72. The van der Waals surface area contributed by atoms with Crippen LogP contribution < -0.4 is 10.2 Å². The largest absolute Gasteiger partial charge is 0.312 e. The van der Waals surface area contributed by atoms with Gasteiger partial charge in [0.2, 0.25) is 16.9 Å². The number of nitrogens with one attached hydrogen (secondary N) is 1. The Bertz CT molecular complexity index is 813. The topological polar surface area (TPSA) is 75.2 Å². The monoisotopic (exact) mass is 372 g/mol. The first-order valence-corrected chi connectivity index (χ1v) is 9.63. The second-order valence-electron chi connectivity index (χ2n) is 7.38. The molecule has 6 nitrogen and oxygen atoms in total. The normalized spacial score (nSPS) is 17.6. The fourth-order valence-corrected chi connectivity index (χ4v) is 3.55. The van der Waals surface area contributed by atoms with Crippen molar-refractivity contribution in [1.82, 2.24) is 10.2 Å². The molecule has 2 aromatic rings. The number of carbonyl (C=O) groups is 2. The van der Waals surface area contributed by atoms with Gasteiger partial charge in [0.05, 0.1) is 0 Å². The zero-order valence-corrected chi connectivity index (χ0v) is 16.4. The molecule has 0 unspecified atom stereocenters. The molecule has 7 heteroatoms. The predicted octanol–water partition coefficient (Wildman–Crippen LogP) is 3.74. The highest BCUT2D eigenvalue weighted by Gasteiger charge is 2.34. The van der Waals surface area contributed by atoms with Crippen molar-refractivity contribution in [2.24, 2.45) is 5.41 Å². The molecule has 1 saturated heterocycles. The van der Waals surface area contributed by atoms with Gasteiger partial charge in [0.15, 0.2) is 0 Å². The number of carbonyl (C=O) groups excluding carboxylic acids is 2. The van der Waals surface area contributed by atoms with E-state index < -0.39 is 5.41 Å². The van der Waals surface area contributed by atoms with Gasteiger partial charge in [-0.15, -0.1) is 10.2 Å². The third kappa shape index (κ3) is 3.77. The van der Waals surface area contributed by atoms with Crippen molar-refractivity contribution in [3.63, 3.8) is 0 Å². The summed E-state index contributed by atoms with van der Waals surface area (Å²) in [4.78, 5) is 26.5. The summed E-state index contributed by atoms with van der Waals surface area (Å²) in [5, 5.41) is 12.4. The molecule has 1 fully saturated rings. The maximum absolute atomic E-state index is 12.4. The first-order valence-electron chi connectivity index (χ1n) is 8.82. The number of nitrogens with zero attached hydrogens (tertiary/aromatic N) is 3. The van der Waals surface area contributed by atoms with Gasteiger partial charge in [-0.25, -0.2) is 0 Å². The molecule has 0 saturated carbocycles. The number of benzene rings is 1. The SMILES string of the molecule is CCC(C)(C)C(=O)Nc1nnc([C@H]2CC(=O)N(c3ccc(C)cc3)C2)s1. The Balaban J connectivity index is 1.69.